The molecule has 2 rings (SSSR count). The highest BCUT2D eigenvalue weighted by molar-refractivity contribution is 5.95. The largest absolute Gasteiger partial charge is 0.481 e. The van der Waals surface area contributed by atoms with E-state index in [0.717, 1.165) is 12.1 Å². The van der Waals surface area contributed by atoms with Crippen LogP contribution in [0.3, 0.4) is 0 Å². The highest BCUT2D eigenvalue weighted by Crippen LogP contribution is 2.25. The van der Waals surface area contributed by atoms with Crippen molar-refractivity contribution in [2.45, 2.75) is 31.7 Å². The number of hydrogen-bond acceptors (Lipinski definition) is 2. The molecule has 2 unspecified atom stereocenters. The second kappa shape index (κ2) is 5.98. The smallest absolute Gasteiger partial charge is 0.306 e. The lowest BCUT2D eigenvalue weighted by atomic mass is 9.85. The van der Waals surface area contributed by atoms with Crippen LogP contribution < -0.4 is 5.32 Å². The number of hydrogen-bond donors (Lipinski definition) is 2. The van der Waals surface area contributed by atoms with Crippen molar-refractivity contribution in [2.75, 3.05) is 0 Å². The highest BCUT2D eigenvalue weighted by Gasteiger charge is 2.29. The maximum Gasteiger partial charge on any atom is 0.306 e. The van der Waals surface area contributed by atoms with Gasteiger partial charge in [0.05, 0.1) is 5.92 Å². The zero-order valence-corrected chi connectivity index (χ0v) is 10.7. The number of carboxylic acids is 1. The Bertz CT molecular complexity index is 513. The predicted molar refractivity (Wildman–Crippen MR) is 67.2 cm³/mol. The number of aliphatic carboxylic acids is 1. The van der Waals surface area contributed by atoms with E-state index in [1.54, 1.807) is 0 Å². The lowest BCUT2D eigenvalue weighted by molar-refractivity contribution is -0.143. The van der Waals surface area contributed by atoms with Crippen molar-refractivity contribution in [1.82, 2.24) is 5.32 Å². The van der Waals surface area contributed by atoms with Gasteiger partial charge in [-0.2, -0.15) is 0 Å². The summed E-state index contributed by atoms with van der Waals surface area (Å²) in [5.74, 6) is -4.10. The third-order valence-corrected chi connectivity index (χ3v) is 3.55. The number of rotatable bonds is 3. The molecule has 2 N–H and O–H groups in total. The Kier molecular flexibility index (Phi) is 4.32. The van der Waals surface area contributed by atoms with Crippen LogP contribution in [0.15, 0.2) is 18.2 Å². The van der Waals surface area contributed by atoms with Crippen LogP contribution in [0.25, 0.3) is 0 Å². The molecule has 1 aromatic carbocycles. The molecule has 1 aliphatic rings. The van der Waals surface area contributed by atoms with Crippen molar-refractivity contribution in [3.63, 3.8) is 0 Å². The van der Waals surface area contributed by atoms with Crippen LogP contribution in [-0.2, 0) is 4.79 Å². The number of benzene rings is 1. The van der Waals surface area contributed by atoms with E-state index in [4.69, 9.17) is 5.11 Å². The molecule has 0 radical (unpaired) electrons. The average molecular weight is 283 g/mol. The van der Waals surface area contributed by atoms with Gasteiger partial charge in [-0.1, -0.05) is 12.5 Å². The van der Waals surface area contributed by atoms with Gasteiger partial charge in [0.25, 0.3) is 5.91 Å². The summed E-state index contributed by atoms with van der Waals surface area (Å²) >= 11 is 0. The van der Waals surface area contributed by atoms with Crippen molar-refractivity contribution in [2.24, 2.45) is 5.92 Å². The fourth-order valence-corrected chi connectivity index (χ4v) is 2.52. The fourth-order valence-electron chi connectivity index (χ4n) is 2.52. The van der Waals surface area contributed by atoms with Gasteiger partial charge in [-0.05, 0) is 31.4 Å². The van der Waals surface area contributed by atoms with Gasteiger partial charge in [0.2, 0.25) is 0 Å². The minimum atomic E-state index is -0.923. The van der Waals surface area contributed by atoms with Gasteiger partial charge < -0.3 is 10.4 Å². The molecule has 0 aliphatic heterocycles. The molecule has 0 bridgehead atoms. The van der Waals surface area contributed by atoms with E-state index in [-0.39, 0.29) is 12.5 Å². The first-order valence-corrected chi connectivity index (χ1v) is 6.46. The second-order valence-corrected chi connectivity index (χ2v) is 4.97. The van der Waals surface area contributed by atoms with E-state index < -0.39 is 35.0 Å². The fraction of sp³-hybridized carbons (Fsp3) is 0.429. The summed E-state index contributed by atoms with van der Waals surface area (Å²) < 4.78 is 26.9. The Balaban J connectivity index is 2.06. The molecular formula is C14H15F2NO3. The molecule has 108 valence electrons. The lowest BCUT2D eigenvalue weighted by Gasteiger charge is -2.27. The number of carboxylic acid groups (broad SMARTS) is 1. The molecular weight excluding hydrogens is 268 g/mol. The van der Waals surface area contributed by atoms with Crippen LogP contribution in [0.5, 0.6) is 0 Å². The van der Waals surface area contributed by atoms with Crippen LogP contribution in [0, 0.1) is 17.6 Å². The quantitative estimate of drug-likeness (QED) is 0.894. The molecule has 0 spiro atoms. The van der Waals surface area contributed by atoms with E-state index in [1.807, 2.05) is 0 Å². The third kappa shape index (κ3) is 3.12. The van der Waals surface area contributed by atoms with Crippen LogP contribution in [0.1, 0.15) is 36.0 Å². The number of carbonyl (C=O) groups excluding carboxylic acids is 1. The number of halogens is 2. The zero-order chi connectivity index (χ0) is 14.7. The van der Waals surface area contributed by atoms with Crippen molar-refractivity contribution in [3.05, 3.63) is 35.4 Å². The molecule has 4 nitrogen and oxygen atoms in total. The number of nitrogens with one attached hydrogen (secondary N) is 1. The standard InChI is InChI=1S/C14H15F2NO3/c15-10-5-2-6-11(16)12(10)13(18)17-9-4-1-3-8(7-9)14(19)20/h2,5-6,8-9H,1,3-4,7H2,(H,17,18)(H,19,20). The monoisotopic (exact) mass is 283 g/mol. The molecule has 1 aromatic rings. The summed E-state index contributed by atoms with van der Waals surface area (Å²) in [5.41, 5.74) is -0.620. The summed E-state index contributed by atoms with van der Waals surface area (Å²) in [6.07, 6.45) is 2.14. The van der Waals surface area contributed by atoms with Crippen LogP contribution in [-0.4, -0.2) is 23.0 Å². The first-order chi connectivity index (χ1) is 9.49. The summed E-state index contributed by atoms with van der Waals surface area (Å²) in [6.45, 7) is 0. The van der Waals surface area contributed by atoms with Crippen LogP contribution >= 0.6 is 0 Å². The molecule has 0 aromatic heterocycles. The van der Waals surface area contributed by atoms with Gasteiger partial charge in [0.15, 0.2) is 0 Å². The van der Waals surface area contributed by atoms with E-state index >= 15 is 0 Å². The van der Waals surface area contributed by atoms with Crippen molar-refractivity contribution < 1.29 is 23.5 Å². The maximum atomic E-state index is 13.5. The SMILES string of the molecule is O=C(NC1CCCC(C(=O)O)C1)c1c(F)cccc1F. The molecule has 1 amide bonds. The van der Waals surface area contributed by atoms with E-state index in [1.165, 1.54) is 6.07 Å². The summed E-state index contributed by atoms with van der Waals surface area (Å²) in [4.78, 5) is 22.8. The van der Waals surface area contributed by atoms with Gasteiger partial charge in [-0.15, -0.1) is 0 Å². The minimum absolute atomic E-state index is 0.289. The molecule has 0 saturated heterocycles. The number of carbonyl (C=O) groups is 2. The van der Waals surface area contributed by atoms with Gasteiger partial charge in [-0.3, -0.25) is 9.59 Å². The molecule has 1 aliphatic carbocycles. The van der Waals surface area contributed by atoms with Gasteiger partial charge in [-0.25, -0.2) is 8.78 Å². The molecule has 20 heavy (non-hydrogen) atoms. The molecule has 1 fully saturated rings. The first kappa shape index (κ1) is 14.4. The molecule has 0 heterocycles. The van der Waals surface area contributed by atoms with Crippen LogP contribution in [0.4, 0.5) is 8.78 Å². The number of amides is 1. The normalized spacial score (nSPS) is 22.3. The Labute approximate surface area is 114 Å². The van der Waals surface area contributed by atoms with Gasteiger partial charge in [0.1, 0.15) is 17.2 Å². The molecule has 1 saturated carbocycles. The average Bonchev–Trinajstić information content (AvgIpc) is 2.38. The molecule has 2 atom stereocenters. The topological polar surface area (TPSA) is 66.4 Å². The van der Waals surface area contributed by atoms with Crippen molar-refractivity contribution in [3.8, 4) is 0 Å². The maximum absolute atomic E-state index is 13.5. The van der Waals surface area contributed by atoms with Crippen molar-refractivity contribution in [1.29, 1.82) is 0 Å². The van der Waals surface area contributed by atoms with E-state index in [0.29, 0.717) is 19.3 Å². The van der Waals surface area contributed by atoms with Crippen molar-refractivity contribution >= 4 is 11.9 Å². The third-order valence-electron chi connectivity index (χ3n) is 3.55. The van der Waals surface area contributed by atoms with E-state index in [9.17, 15) is 18.4 Å². The second-order valence-electron chi connectivity index (χ2n) is 4.97. The minimum Gasteiger partial charge on any atom is -0.481 e. The summed E-state index contributed by atoms with van der Waals surface area (Å²) in [6, 6.07) is 2.84. The van der Waals surface area contributed by atoms with Gasteiger partial charge >= 0.3 is 5.97 Å². The first-order valence-electron chi connectivity index (χ1n) is 6.46. The Morgan fingerprint density at radius 3 is 2.45 bits per heavy atom. The Hall–Kier alpha value is -1.98. The molecule has 6 heteroatoms. The lowest BCUT2D eigenvalue weighted by Crippen LogP contribution is -2.40. The summed E-state index contributed by atoms with van der Waals surface area (Å²) in [7, 11) is 0. The van der Waals surface area contributed by atoms with Crippen LogP contribution in [0.2, 0.25) is 0 Å². The van der Waals surface area contributed by atoms with E-state index in [2.05, 4.69) is 5.32 Å². The Morgan fingerprint density at radius 2 is 1.85 bits per heavy atom. The zero-order valence-electron chi connectivity index (χ0n) is 10.7. The highest BCUT2D eigenvalue weighted by atomic mass is 19.1. The Morgan fingerprint density at radius 1 is 1.20 bits per heavy atom. The van der Waals surface area contributed by atoms with Gasteiger partial charge in [0, 0.05) is 6.04 Å². The predicted octanol–water partition coefficient (Wildman–Crippen LogP) is 2.34. The summed E-state index contributed by atoms with van der Waals surface area (Å²) in [5, 5.41) is 11.5.